The summed E-state index contributed by atoms with van der Waals surface area (Å²) in [6.07, 6.45) is 0. The van der Waals surface area contributed by atoms with E-state index in [0.29, 0.717) is 16.1 Å². The molecular weight excluding hydrogens is 284 g/mol. The largest absolute Gasteiger partial charge is 0.364 e. The van der Waals surface area contributed by atoms with Gasteiger partial charge in [0.2, 0.25) is 0 Å². The number of rotatable bonds is 4. The molecule has 3 nitrogen and oxygen atoms in total. The molecule has 0 aromatic heterocycles. The summed E-state index contributed by atoms with van der Waals surface area (Å²) < 4.78 is 0. The molecule has 0 aliphatic rings. The summed E-state index contributed by atoms with van der Waals surface area (Å²) in [6, 6.07) is 15.8. The zero-order valence-corrected chi connectivity index (χ0v) is 12.6. The van der Waals surface area contributed by atoms with Crippen LogP contribution in [0.2, 0.25) is 5.02 Å². The number of likely N-dealkylation sites (N-methyl/N-ethyl adjacent to an activating group) is 1. The molecule has 106 valence electrons. The number of nitrogens with zero attached hydrogens (tertiary/aromatic N) is 2. The van der Waals surface area contributed by atoms with Crippen LogP contribution in [0.15, 0.2) is 48.5 Å². The Bertz CT molecular complexity index is 689. The molecule has 0 N–H and O–H groups in total. The van der Waals surface area contributed by atoms with Crippen molar-refractivity contribution in [3.63, 3.8) is 0 Å². The van der Waals surface area contributed by atoms with Crippen molar-refractivity contribution in [2.45, 2.75) is 13.0 Å². The van der Waals surface area contributed by atoms with Crippen molar-refractivity contribution in [2.75, 3.05) is 11.9 Å². The fourth-order valence-corrected chi connectivity index (χ4v) is 2.24. The quantitative estimate of drug-likeness (QED) is 0.804. The van der Waals surface area contributed by atoms with Gasteiger partial charge in [-0.3, -0.25) is 4.79 Å². The molecule has 0 bridgehead atoms. The van der Waals surface area contributed by atoms with Crippen LogP contribution < -0.4 is 4.90 Å². The molecule has 0 heterocycles. The van der Waals surface area contributed by atoms with Gasteiger partial charge in [0.25, 0.3) is 0 Å². The maximum Gasteiger partial charge on any atom is 0.184 e. The first-order chi connectivity index (χ1) is 10.0. The van der Waals surface area contributed by atoms with Gasteiger partial charge in [0.1, 0.15) is 0 Å². The van der Waals surface area contributed by atoms with E-state index in [0.717, 1.165) is 5.69 Å². The molecule has 21 heavy (non-hydrogen) atoms. The van der Waals surface area contributed by atoms with Gasteiger partial charge in [0.15, 0.2) is 5.78 Å². The summed E-state index contributed by atoms with van der Waals surface area (Å²) in [5, 5.41) is 9.36. The van der Waals surface area contributed by atoms with Crippen LogP contribution in [-0.4, -0.2) is 18.9 Å². The van der Waals surface area contributed by atoms with Gasteiger partial charge in [-0.25, -0.2) is 0 Å². The Balaban J connectivity index is 2.20. The lowest BCUT2D eigenvalue weighted by Gasteiger charge is -2.26. The van der Waals surface area contributed by atoms with Crippen molar-refractivity contribution < 1.29 is 4.79 Å². The first-order valence-electron chi connectivity index (χ1n) is 6.55. The van der Waals surface area contributed by atoms with Gasteiger partial charge in [-0.1, -0.05) is 23.7 Å². The van der Waals surface area contributed by atoms with E-state index in [1.807, 2.05) is 31.0 Å². The van der Waals surface area contributed by atoms with E-state index in [4.69, 9.17) is 16.9 Å². The smallest absolute Gasteiger partial charge is 0.184 e. The van der Waals surface area contributed by atoms with Gasteiger partial charge in [0.05, 0.1) is 17.7 Å². The number of hydrogen-bond donors (Lipinski definition) is 0. The minimum Gasteiger partial charge on any atom is -0.364 e. The number of hydrogen-bond acceptors (Lipinski definition) is 3. The number of nitriles is 1. The molecule has 2 aromatic rings. The van der Waals surface area contributed by atoms with Crippen molar-refractivity contribution in [1.82, 2.24) is 0 Å². The number of carbonyl (C=O) groups is 1. The highest BCUT2D eigenvalue weighted by Gasteiger charge is 2.20. The molecule has 1 atom stereocenters. The first kappa shape index (κ1) is 15.1. The minimum absolute atomic E-state index is 0.00404. The van der Waals surface area contributed by atoms with Gasteiger partial charge in [-0.15, -0.1) is 0 Å². The third-order valence-electron chi connectivity index (χ3n) is 3.47. The highest BCUT2D eigenvalue weighted by atomic mass is 35.5. The summed E-state index contributed by atoms with van der Waals surface area (Å²) in [5.74, 6) is 0.00404. The van der Waals surface area contributed by atoms with Crippen LogP contribution in [0.25, 0.3) is 0 Å². The van der Waals surface area contributed by atoms with E-state index >= 15 is 0 Å². The lowest BCUT2D eigenvalue weighted by molar-refractivity contribution is 0.0966. The monoisotopic (exact) mass is 298 g/mol. The molecule has 0 fully saturated rings. The molecule has 0 aliphatic carbocycles. The third-order valence-corrected chi connectivity index (χ3v) is 3.71. The first-order valence-corrected chi connectivity index (χ1v) is 6.93. The maximum absolute atomic E-state index is 12.5. The molecule has 0 amide bonds. The highest BCUT2D eigenvalue weighted by molar-refractivity contribution is 6.31. The molecule has 1 unspecified atom stereocenters. The Morgan fingerprint density at radius 1 is 1.24 bits per heavy atom. The molecule has 0 aliphatic heterocycles. The van der Waals surface area contributed by atoms with Gasteiger partial charge >= 0.3 is 0 Å². The number of benzene rings is 2. The van der Waals surface area contributed by atoms with E-state index in [1.54, 1.807) is 36.4 Å². The number of Topliss-reactive ketones (excluding diaryl/α,β-unsaturated/α-hetero) is 1. The average Bonchev–Trinajstić information content (AvgIpc) is 2.53. The van der Waals surface area contributed by atoms with Crippen molar-refractivity contribution in [1.29, 1.82) is 5.26 Å². The van der Waals surface area contributed by atoms with E-state index < -0.39 is 0 Å². The van der Waals surface area contributed by atoms with Crippen LogP contribution in [-0.2, 0) is 0 Å². The van der Waals surface area contributed by atoms with Crippen LogP contribution in [0.5, 0.6) is 0 Å². The normalized spacial score (nSPS) is 11.5. The summed E-state index contributed by atoms with van der Waals surface area (Å²) in [7, 11) is 1.86. The zero-order chi connectivity index (χ0) is 15.4. The van der Waals surface area contributed by atoms with Gasteiger partial charge in [-0.05, 0) is 43.3 Å². The van der Waals surface area contributed by atoms with Crippen LogP contribution in [0, 0.1) is 11.3 Å². The van der Waals surface area contributed by atoms with Crippen LogP contribution in [0.1, 0.15) is 22.8 Å². The van der Waals surface area contributed by atoms with Crippen molar-refractivity contribution in [3.8, 4) is 6.07 Å². The second-order valence-corrected chi connectivity index (χ2v) is 5.26. The number of anilines is 1. The molecular formula is C17H15ClN2O. The summed E-state index contributed by atoms with van der Waals surface area (Å²) in [5.41, 5.74) is 2.08. The number of halogens is 1. The molecule has 0 saturated carbocycles. The lowest BCUT2D eigenvalue weighted by atomic mass is 10.0. The van der Waals surface area contributed by atoms with Gasteiger partial charge in [0, 0.05) is 23.3 Å². The number of ketones is 1. The highest BCUT2D eigenvalue weighted by Crippen LogP contribution is 2.19. The third kappa shape index (κ3) is 3.42. The second-order valence-electron chi connectivity index (χ2n) is 4.82. The predicted molar refractivity (Wildman–Crippen MR) is 84.8 cm³/mol. The number of carbonyl (C=O) groups excluding carboxylic acids is 1. The SMILES string of the molecule is CC(C(=O)c1cccc(Cl)c1)N(C)c1ccc(C#N)cc1. The maximum atomic E-state index is 12.5. The van der Waals surface area contributed by atoms with E-state index in [-0.39, 0.29) is 11.8 Å². The van der Waals surface area contributed by atoms with Crippen LogP contribution in [0.4, 0.5) is 5.69 Å². The fraction of sp³-hybridized carbons (Fsp3) is 0.176. The van der Waals surface area contributed by atoms with Crippen molar-refractivity contribution >= 4 is 23.1 Å². The van der Waals surface area contributed by atoms with Crippen molar-refractivity contribution in [3.05, 3.63) is 64.7 Å². The predicted octanol–water partition coefficient (Wildman–Crippen LogP) is 3.92. The molecule has 4 heteroatoms. The van der Waals surface area contributed by atoms with Gasteiger partial charge in [-0.2, -0.15) is 5.26 Å². The topological polar surface area (TPSA) is 44.1 Å². The summed E-state index contributed by atoms with van der Waals surface area (Å²) in [4.78, 5) is 14.4. The van der Waals surface area contributed by atoms with E-state index in [9.17, 15) is 4.79 Å². The Kier molecular flexibility index (Phi) is 4.62. The van der Waals surface area contributed by atoms with Gasteiger partial charge < -0.3 is 4.90 Å². The Labute approximate surface area is 129 Å². The standard InChI is InChI=1S/C17H15ClN2O/c1-12(17(21)14-4-3-5-15(18)10-14)20(2)16-8-6-13(11-19)7-9-16/h3-10,12H,1-2H3. The minimum atomic E-state index is -0.323. The molecule has 2 rings (SSSR count). The van der Waals surface area contributed by atoms with Crippen molar-refractivity contribution in [2.24, 2.45) is 0 Å². The molecule has 0 radical (unpaired) electrons. The zero-order valence-electron chi connectivity index (χ0n) is 11.9. The van der Waals surface area contributed by atoms with Crippen LogP contribution in [0.3, 0.4) is 0 Å². The molecule has 0 spiro atoms. The van der Waals surface area contributed by atoms with E-state index in [1.165, 1.54) is 0 Å². The van der Waals surface area contributed by atoms with Crippen LogP contribution >= 0.6 is 11.6 Å². The fourth-order valence-electron chi connectivity index (χ4n) is 2.05. The Hall–Kier alpha value is -2.31. The summed E-state index contributed by atoms with van der Waals surface area (Å²) in [6.45, 7) is 1.85. The van der Waals surface area contributed by atoms with E-state index in [2.05, 4.69) is 6.07 Å². The second kappa shape index (κ2) is 6.43. The lowest BCUT2D eigenvalue weighted by Crippen LogP contribution is -2.36. The summed E-state index contributed by atoms with van der Waals surface area (Å²) >= 11 is 5.93. The Morgan fingerprint density at radius 3 is 2.48 bits per heavy atom. The molecule has 0 saturated heterocycles. The Morgan fingerprint density at radius 2 is 1.90 bits per heavy atom. The molecule has 2 aromatic carbocycles. The average molecular weight is 299 g/mol.